The zero-order chi connectivity index (χ0) is 14.7. The molecule has 0 radical (unpaired) electrons. The van der Waals surface area contributed by atoms with E-state index >= 15 is 0 Å². The van der Waals surface area contributed by atoms with E-state index in [9.17, 15) is 9.59 Å². The molecule has 5 nitrogen and oxygen atoms in total. The molecule has 2 amide bonds. The third-order valence-electron chi connectivity index (χ3n) is 4.02. The van der Waals surface area contributed by atoms with Crippen molar-refractivity contribution >= 4 is 17.5 Å². The molecule has 1 atom stereocenters. The van der Waals surface area contributed by atoms with Crippen LogP contribution in [0.1, 0.15) is 25.7 Å². The summed E-state index contributed by atoms with van der Waals surface area (Å²) in [7, 11) is 0. The predicted octanol–water partition coefficient (Wildman–Crippen LogP) is 1.37. The fourth-order valence-corrected chi connectivity index (χ4v) is 2.70. The van der Waals surface area contributed by atoms with Gasteiger partial charge in [-0.25, -0.2) is 0 Å². The lowest BCUT2D eigenvalue weighted by atomic mass is 10.2. The Bertz CT molecular complexity index is 514. The molecule has 0 aromatic heterocycles. The molecule has 0 bridgehead atoms. The van der Waals surface area contributed by atoms with Gasteiger partial charge in [-0.05, 0) is 37.8 Å². The van der Waals surface area contributed by atoms with Crippen LogP contribution in [0.25, 0.3) is 0 Å². The summed E-state index contributed by atoms with van der Waals surface area (Å²) in [6.45, 7) is 0.912. The number of anilines is 1. The molecule has 1 unspecified atom stereocenters. The fourth-order valence-electron chi connectivity index (χ4n) is 2.70. The van der Waals surface area contributed by atoms with E-state index in [1.807, 2.05) is 30.3 Å². The van der Waals surface area contributed by atoms with Crippen molar-refractivity contribution in [2.45, 2.75) is 37.8 Å². The van der Waals surface area contributed by atoms with Gasteiger partial charge in [0.1, 0.15) is 6.04 Å². The number of hydrogen-bond acceptors (Lipinski definition) is 3. The van der Waals surface area contributed by atoms with Crippen LogP contribution in [-0.2, 0) is 9.59 Å². The standard InChI is InChI=1S/C16H21N3O2/c20-15(11-17-12-5-2-1-3-6-12)19-10-4-7-14(19)16(21)18-13-8-9-13/h1-3,5-6,13-14,17H,4,7-11H2,(H,18,21). The summed E-state index contributed by atoms with van der Waals surface area (Å²) in [6, 6.07) is 9.70. The molecule has 3 rings (SSSR count). The van der Waals surface area contributed by atoms with Crippen molar-refractivity contribution in [1.82, 2.24) is 10.2 Å². The molecule has 1 aliphatic heterocycles. The molecule has 1 aromatic rings. The smallest absolute Gasteiger partial charge is 0.243 e. The number of nitrogens with one attached hydrogen (secondary N) is 2. The number of likely N-dealkylation sites (tertiary alicyclic amines) is 1. The van der Waals surface area contributed by atoms with Crippen LogP contribution in [0.5, 0.6) is 0 Å². The van der Waals surface area contributed by atoms with Crippen LogP contribution in [0.2, 0.25) is 0 Å². The Morgan fingerprint density at radius 1 is 1.14 bits per heavy atom. The molecule has 0 spiro atoms. The molecule has 1 saturated carbocycles. The van der Waals surface area contributed by atoms with Crippen molar-refractivity contribution in [3.05, 3.63) is 30.3 Å². The van der Waals surface area contributed by atoms with E-state index in [0.29, 0.717) is 12.6 Å². The van der Waals surface area contributed by atoms with Crippen LogP contribution in [0.3, 0.4) is 0 Å². The lowest BCUT2D eigenvalue weighted by Gasteiger charge is -2.24. The first-order valence-electron chi connectivity index (χ1n) is 7.63. The highest BCUT2D eigenvalue weighted by molar-refractivity contribution is 5.90. The Morgan fingerprint density at radius 2 is 1.90 bits per heavy atom. The highest BCUT2D eigenvalue weighted by atomic mass is 16.2. The molecule has 1 heterocycles. The molecule has 2 N–H and O–H groups in total. The lowest BCUT2D eigenvalue weighted by molar-refractivity contribution is -0.137. The minimum absolute atomic E-state index is 0.00713. The van der Waals surface area contributed by atoms with Gasteiger partial charge in [0.15, 0.2) is 0 Å². The minimum Gasteiger partial charge on any atom is -0.376 e. The molecule has 2 fully saturated rings. The predicted molar refractivity (Wildman–Crippen MR) is 80.8 cm³/mol. The largest absolute Gasteiger partial charge is 0.376 e. The van der Waals surface area contributed by atoms with Crippen molar-refractivity contribution in [2.24, 2.45) is 0 Å². The SMILES string of the molecule is O=C(NC1CC1)C1CCCN1C(=O)CNc1ccccc1. The van der Waals surface area contributed by atoms with E-state index in [1.54, 1.807) is 4.90 Å². The van der Waals surface area contributed by atoms with Gasteiger partial charge in [-0.2, -0.15) is 0 Å². The van der Waals surface area contributed by atoms with Crippen LogP contribution in [0, 0.1) is 0 Å². The Labute approximate surface area is 124 Å². The van der Waals surface area contributed by atoms with Gasteiger partial charge in [-0.15, -0.1) is 0 Å². The first kappa shape index (κ1) is 13.9. The van der Waals surface area contributed by atoms with Gasteiger partial charge in [-0.1, -0.05) is 18.2 Å². The molecule has 21 heavy (non-hydrogen) atoms. The molecular formula is C16H21N3O2. The molecule has 1 saturated heterocycles. The van der Waals surface area contributed by atoms with Crippen molar-refractivity contribution < 1.29 is 9.59 Å². The molecule has 1 aromatic carbocycles. The van der Waals surface area contributed by atoms with Crippen LogP contribution in [0.4, 0.5) is 5.69 Å². The zero-order valence-corrected chi connectivity index (χ0v) is 12.0. The monoisotopic (exact) mass is 287 g/mol. The Balaban J connectivity index is 1.54. The number of carbonyl (C=O) groups is 2. The van der Waals surface area contributed by atoms with Gasteiger partial charge in [-0.3, -0.25) is 9.59 Å². The maximum absolute atomic E-state index is 12.3. The maximum atomic E-state index is 12.3. The summed E-state index contributed by atoms with van der Waals surface area (Å²) in [5, 5.41) is 6.11. The summed E-state index contributed by atoms with van der Waals surface area (Å²) in [5.41, 5.74) is 0.920. The first-order chi connectivity index (χ1) is 10.2. The zero-order valence-electron chi connectivity index (χ0n) is 12.0. The van der Waals surface area contributed by atoms with Gasteiger partial charge in [0, 0.05) is 18.3 Å². The van der Waals surface area contributed by atoms with Crippen molar-refractivity contribution in [3.8, 4) is 0 Å². The quantitative estimate of drug-likeness (QED) is 0.860. The van der Waals surface area contributed by atoms with Crippen LogP contribution in [-0.4, -0.2) is 41.9 Å². The van der Waals surface area contributed by atoms with Gasteiger partial charge in [0.2, 0.25) is 11.8 Å². The first-order valence-corrected chi connectivity index (χ1v) is 7.63. The maximum Gasteiger partial charge on any atom is 0.243 e. The molecule has 112 valence electrons. The highest BCUT2D eigenvalue weighted by Gasteiger charge is 2.36. The van der Waals surface area contributed by atoms with Gasteiger partial charge >= 0.3 is 0 Å². The Hall–Kier alpha value is -2.04. The normalized spacial score (nSPS) is 21.1. The van der Waals surface area contributed by atoms with Gasteiger partial charge < -0.3 is 15.5 Å². The van der Waals surface area contributed by atoms with E-state index < -0.39 is 0 Å². The lowest BCUT2D eigenvalue weighted by Crippen LogP contribution is -2.48. The van der Waals surface area contributed by atoms with Crippen molar-refractivity contribution in [1.29, 1.82) is 0 Å². The number of benzene rings is 1. The van der Waals surface area contributed by atoms with E-state index in [2.05, 4.69) is 10.6 Å². The number of carbonyl (C=O) groups excluding carboxylic acids is 2. The fraction of sp³-hybridized carbons (Fsp3) is 0.500. The minimum atomic E-state index is -0.282. The number of amides is 2. The third-order valence-corrected chi connectivity index (χ3v) is 4.02. The van der Waals surface area contributed by atoms with E-state index in [0.717, 1.165) is 31.4 Å². The van der Waals surface area contributed by atoms with Crippen LogP contribution < -0.4 is 10.6 Å². The van der Waals surface area contributed by atoms with E-state index in [4.69, 9.17) is 0 Å². The van der Waals surface area contributed by atoms with Crippen molar-refractivity contribution in [2.75, 3.05) is 18.4 Å². The summed E-state index contributed by atoms with van der Waals surface area (Å²) in [4.78, 5) is 26.2. The van der Waals surface area contributed by atoms with Gasteiger partial charge in [0.05, 0.1) is 6.54 Å². The summed E-state index contributed by atoms with van der Waals surface area (Å²) in [6.07, 6.45) is 3.82. The Kier molecular flexibility index (Phi) is 4.08. The summed E-state index contributed by atoms with van der Waals surface area (Å²) >= 11 is 0. The average molecular weight is 287 g/mol. The topological polar surface area (TPSA) is 61.4 Å². The summed E-state index contributed by atoms with van der Waals surface area (Å²) < 4.78 is 0. The number of para-hydroxylation sites is 1. The van der Waals surface area contributed by atoms with Crippen LogP contribution in [0.15, 0.2) is 30.3 Å². The number of rotatable bonds is 5. The second-order valence-corrected chi connectivity index (χ2v) is 5.75. The number of nitrogens with zero attached hydrogens (tertiary/aromatic N) is 1. The second kappa shape index (κ2) is 6.16. The molecule has 2 aliphatic rings. The Morgan fingerprint density at radius 3 is 2.62 bits per heavy atom. The molecule has 1 aliphatic carbocycles. The second-order valence-electron chi connectivity index (χ2n) is 5.75. The summed E-state index contributed by atoms with van der Waals surface area (Å²) in [5.74, 6) is 0.00959. The van der Waals surface area contributed by atoms with E-state index in [1.165, 1.54) is 0 Å². The molecular weight excluding hydrogens is 266 g/mol. The molecule has 5 heteroatoms. The third kappa shape index (κ3) is 3.54. The van der Waals surface area contributed by atoms with Crippen molar-refractivity contribution in [3.63, 3.8) is 0 Å². The average Bonchev–Trinajstić information content (AvgIpc) is 3.18. The van der Waals surface area contributed by atoms with Crippen LogP contribution >= 0.6 is 0 Å². The van der Waals surface area contributed by atoms with Gasteiger partial charge in [0.25, 0.3) is 0 Å². The number of hydrogen-bond donors (Lipinski definition) is 2. The highest BCUT2D eigenvalue weighted by Crippen LogP contribution is 2.22. The van der Waals surface area contributed by atoms with E-state index in [-0.39, 0.29) is 24.4 Å².